The Morgan fingerprint density at radius 1 is 1.24 bits per heavy atom. The van der Waals surface area contributed by atoms with E-state index >= 15 is 0 Å². The quantitative estimate of drug-likeness (QED) is 0.508. The highest BCUT2D eigenvalue weighted by Gasteiger charge is 2.23. The fourth-order valence-corrected chi connectivity index (χ4v) is 3.76. The molecule has 0 aliphatic carbocycles. The molecule has 0 spiro atoms. The molecule has 8 heteroatoms. The number of benzene rings is 1. The van der Waals surface area contributed by atoms with Gasteiger partial charge < -0.3 is 21.1 Å². The maximum absolute atomic E-state index is 11.7. The average Bonchev–Trinajstić information content (AvgIpc) is 3.18. The smallest absolute Gasteiger partial charge is 0.251 e. The molecule has 1 atom stereocenters. The van der Waals surface area contributed by atoms with Crippen LogP contribution in [0, 0.1) is 5.92 Å². The van der Waals surface area contributed by atoms with E-state index in [1.807, 2.05) is 30.3 Å². The van der Waals surface area contributed by atoms with Gasteiger partial charge in [-0.15, -0.1) is 5.10 Å². The minimum absolute atomic E-state index is 0.126. The maximum Gasteiger partial charge on any atom is 0.251 e. The van der Waals surface area contributed by atoms with E-state index in [9.17, 15) is 9.90 Å². The first kappa shape index (κ1) is 19.4. The molecule has 1 aliphatic heterocycles. The highest BCUT2D eigenvalue weighted by Crippen LogP contribution is 2.21. The van der Waals surface area contributed by atoms with Crippen molar-refractivity contribution in [1.82, 2.24) is 25.2 Å². The fraction of sp³-hybridized carbons (Fsp3) is 0.381. The van der Waals surface area contributed by atoms with E-state index in [1.54, 1.807) is 23.7 Å². The number of nitrogens with one attached hydrogen (secondary N) is 3. The van der Waals surface area contributed by atoms with Crippen molar-refractivity contribution in [2.45, 2.75) is 25.4 Å². The molecule has 4 N–H and O–H groups in total. The molecule has 1 saturated heterocycles. The Balaban J connectivity index is 1.50. The van der Waals surface area contributed by atoms with Crippen molar-refractivity contribution in [3.63, 3.8) is 0 Å². The van der Waals surface area contributed by atoms with Crippen molar-refractivity contribution in [2.24, 2.45) is 5.92 Å². The Morgan fingerprint density at radius 3 is 2.72 bits per heavy atom. The number of aromatic nitrogens is 3. The molecule has 1 aliphatic rings. The molecular weight excluding hydrogens is 368 g/mol. The summed E-state index contributed by atoms with van der Waals surface area (Å²) in [6, 6.07) is 12.9. The summed E-state index contributed by atoms with van der Waals surface area (Å²) in [7, 11) is 1.61. The molecule has 1 unspecified atom stereocenters. The maximum atomic E-state index is 11.7. The molecule has 1 fully saturated rings. The Morgan fingerprint density at radius 2 is 2.00 bits per heavy atom. The van der Waals surface area contributed by atoms with Gasteiger partial charge in [-0.25, -0.2) is 4.52 Å². The molecule has 0 saturated carbocycles. The Kier molecular flexibility index (Phi) is 5.73. The number of piperidine rings is 1. The first-order valence-electron chi connectivity index (χ1n) is 9.96. The number of fused-ring (bicyclic) bond motifs is 1. The second-order valence-corrected chi connectivity index (χ2v) is 7.36. The monoisotopic (exact) mass is 394 g/mol. The second-order valence-electron chi connectivity index (χ2n) is 7.36. The van der Waals surface area contributed by atoms with E-state index in [0.29, 0.717) is 23.9 Å². The third-order valence-electron chi connectivity index (χ3n) is 5.41. The highest BCUT2D eigenvalue weighted by molar-refractivity contribution is 5.94. The Labute approximate surface area is 169 Å². The number of nitrogens with zero attached hydrogens (tertiary/aromatic N) is 3. The molecule has 3 aromatic rings. The number of anilines is 2. The van der Waals surface area contributed by atoms with Gasteiger partial charge in [0.2, 0.25) is 5.95 Å². The lowest BCUT2D eigenvalue weighted by atomic mass is 9.89. The van der Waals surface area contributed by atoms with Gasteiger partial charge in [0.1, 0.15) is 0 Å². The van der Waals surface area contributed by atoms with E-state index in [-0.39, 0.29) is 12.0 Å². The van der Waals surface area contributed by atoms with E-state index in [0.717, 1.165) is 43.0 Å². The van der Waals surface area contributed by atoms with Crippen LogP contribution in [-0.2, 0) is 6.42 Å². The van der Waals surface area contributed by atoms with Crippen molar-refractivity contribution in [2.75, 3.05) is 25.5 Å². The summed E-state index contributed by atoms with van der Waals surface area (Å²) < 4.78 is 1.78. The first-order chi connectivity index (χ1) is 14.1. The molecule has 2 aromatic heterocycles. The molecule has 1 amide bonds. The zero-order valence-corrected chi connectivity index (χ0v) is 16.4. The van der Waals surface area contributed by atoms with E-state index in [2.05, 4.69) is 26.0 Å². The molecule has 152 valence electrons. The van der Waals surface area contributed by atoms with Crippen LogP contribution in [0.15, 0.2) is 42.5 Å². The Bertz CT molecular complexity index is 979. The molecule has 8 nitrogen and oxygen atoms in total. The standard InChI is InChI=1S/C21H26N6O2/c1-22-20(29)15-5-7-16(8-6-15)24-21-25-19-4-2-3-17(27(19)26-21)13-18(28)14-9-11-23-12-10-14/h2-8,14,18,23,28H,9-13H2,1H3,(H,22,29)(H,24,26). The summed E-state index contributed by atoms with van der Waals surface area (Å²) >= 11 is 0. The van der Waals surface area contributed by atoms with Crippen molar-refractivity contribution < 1.29 is 9.90 Å². The number of aliphatic hydroxyl groups excluding tert-OH is 1. The van der Waals surface area contributed by atoms with Gasteiger partial charge in [-0.2, -0.15) is 4.98 Å². The molecule has 0 radical (unpaired) electrons. The van der Waals surface area contributed by atoms with Gasteiger partial charge in [-0.1, -0.05) is 6.07 Å². The largest absolute Gasteiger partial charge is 0.392 e. The lowest BCUT2D eigenvalue weighted by Crippen LogP contribution is -2.35. The van der Waals surface area contributed by atoms with Crippen LogP contribution < -0.4 is 16.0 Å². The molecule has 3 heterocycles. The number of aliphatic hydroxyl groups is 1. The van der Waals surface area contributed by atoms with Crippen LogP contribution in [-0.4, -0.2) is 51.9 Å². The van der Waals surface area contributed by atoms with Gasteiger partial charge in [0.25, 0.3) is 5.91 Å². The van der Waals surface area contributed by atoms with Crippen LogP contribution in [0.5, 0.6) is 0 Å². The van der Waals surface area contributed by atoms with Gasteiger partial charge in [-0.05, 0) is 68.2 Å². The van der Waals surface area contributed by atoms with E-state index in [4.69, 9.17) is 0 Å². The molecular formula is C21H26N6O2. The van der Waals surface area contributed by atoms with Crippen LogP contribution in [0.1, 0.15) is 28.9 Å². The number of hydrogen-bond donors (Lipinski definition) is 4. The van der Waals surface area contributed by atoms with Crippen LogP contribution in [0.4, 0.5) is 11.6 Å². The zero-order valence-electron chi connectivity index (χ0n) is 16.4. The predicted molar refractivity (Wildman–Crippen MR) is 111 cm³/mol. The lowest BCUT2D eigenvalue weighted by molar-refractivity contribution is 0.0877. The topological polar surface area (TPSA) is 104 Å². The minimum Gasteiger partial charge on any atom is -0.392 e. The minimum atomic E-state index is -0.388. The van der Waals surface area contributed by atoms with Crippen LogP contribution >= 0.6 is 0 Å². The van der Waals surface area contributed by atoms with Crippen LogP contribution in [0.25, 0.3) is 5.65 Å². The number of carbonyl (C=O) groups excluding carboxylic acids is 1. The van der Waals surface area contributed by atoms with Crippen molar-refractivity contribution in [3.05, 3.63) is 53.7 Å². The number of hydrogen-bond acceptors (Lipinski definition) is 6. The highest BCUT2D eigenvalue weighted by atomic mass is 16.3. The number of pyridine rings is 1. The van der Waals surface area contributed by atoms with Crippen molar-refractivity contribution in [3.8, 4) is 0 Å². The summed E-state index contributed by atoms with van der Waals surface area (Å²) in [6.07, 6.45) is 2.15. The van der Waals surface area contributed by atoms with Crippen molar-refractivity contribution in [1.29, 1.82) is 0 Å². The van der Waals surface area contributed by atoms with E-state index in [1.165, 1.54) is 0 Å². The number of rotatable bonds is 6. The van der Waals surface area contributed by atoms with Gasteiger partial charge in [0, 0.05) is 30.4 Å². The van der Waals surface area contributed by atoms with Gasteiger partial charge in [-0.3, -0.25) is 4.79 Å². The van der Waals surface area contributed by atoms with Gasteiger partial charge in [0.15, 0.2) is 5.65 Å². The lowest BCUT2D eigenvalue weighted by Gasteiger charge is -2.27. The fourth-order valence-electron chi connectivity index (χ4n) is 3.76. The Hall–Kier alpha value is -2.97. The summed E-state index contributed by atoms with van der Waals surface area (Å²) in [5, 5.41) is 24.4. The van der Waals surface area contributed by atoms with Gasteiger partial charge in [0.05, 0.1) is 6.10 Å². The third-order valence-corrected chi connectivity index (χ3v) is 5.41. The van der Waals surface area contributed by atoms with E-state index < -0.39 is 0 Å². The predicted octanol–water partition coefficient (Wildman–Crippen LogP) is 1.74. The summed E-state index contributed by atoms with van der Waals surface area (Å²) in [5.41, 5.74) is 3.05. The third kappa shape index (κ3) is 4.38. The molecule has 0 bridgehead atoms. The second kappa shape index (κ2) is 8.59. The first-order valence-corrected chi connectivity index (χ1v) is 9.96. The number of amides is 1. The normalized spacial score (nSPS) is 15.9. The SMILES string of the molecule is CNC(=O)c1ccc(Nc2nc3cccc(CC(O)C4CCNCC4)n3n2)cc1. The molecule has 1 aromatic carbocycles. The average molecular weight is 394 g/mol. The number of carbonyl (C=O) groups is 1. The molecule has 29 heavy (non-hydrogen) atoms. The molecule has 4 rings (SSSR count). The van der Waals surface area contributed by atoms with Gasteiger partial charge >= 0.3 is 0 Å². The van der Waals surface area contributed by atoms with Crippen LogP contribution in [0.3, 0.4) is 0 Å². The summed E-state index contributed by atoms with van der Waals surface area (Å²) in [5.74, 6) is 0.660. The van der Waals surface area contributed by atoms with Crippen LogP contribution in [0.2, 0.25) is 0 Å². The zero-order chi connectivity index (χ0) is 20.2. The summed E-state index contributed by atoms with van der Waals surface area (Å²) in [6.45, 7) is 1.92. The summed E-state index contributed by atoms with van der Waals surface area (Å²) in [4.78, 5) is 16.2. The van der Waals surface area contributed by atoms with Crippen molar-refractivity contribution >= 4 is 23.2 Å².